The van der Waals surface area contributed by atoms with Gasteiger partial charge in [-0.15, -0.1) is 0 Å². The Hall–Kier alpha value is -3.64. The summed E-state index contributed by atoms with van der Waals surface area (Å²) >= 11 is 0. The standard InChI is InChI=1S/C24H24F3N3O5S/c1-15-2-4-16(5-3-15)14-35-23-18(8-11-21(30-23)24(25,26)27)13-29-22(31)12-20(36(32,33)34)17-6-9-19(28)10-7-17/h2-11,20H,12-14,28H2,1H3,(H,29,31)(H,32,33,34). The van der Waals surface area contributed by atoms with Crippen molar-refractivity contribution in [2.75, 3.05) is 5.73 Å². The lowest BCUT2D eigenvalue weighted by Gasteiger charge is -2.16. The molecule has 1 amide bonds. The Kier molecular flexibility index (Phi) is 8.21. The van der Waals surface area contributed by atoms with Crippen LogP contribution in [0, 0.1) is 6.92 Å². The topological polar surface area (TPSA) is 132 Å². The van der Waals surface area contributed by atoms with Gasteiger partial charge in [-0.2, -0.15) is 21.6 Å². The van der Waals surface area contributed by atoms with Crippen LogP contribution in [0.1, 0.15) is 39.6 Å². The molecule has 0 radical (unpaired) electrons. The first-order valence-corrected chi connectivity index (χ1v) is 12.2. The molecule has 1 unspecified atom stereocenters. The maximum absolute atomic E-state index is 13.2. The lowest BCUT2D eigenvalue weighted by molar-refractivity contribution is -0.141. The summed E-state index contributed by atoms with van der Waals surface area (Å²) in [5, 5.41) is 0.892. The summed E-state index contributed by atoms with van der Waals surface area (Å²) < 4.78 is 78.4. The number of pyridine rings is 1. The van der Waals surface area contributed by atoms with Gasteiger partial charge in [-0.25, -0.2) is 4.98 Å². The van der Waals surface area contributed by atoms with Crippen molar-refractivity contribution in [3.8, 4) is 5.88 Å². The number of carbonyl (C=O) groups is 1. The smallest absolute Gasteiger partial charge is 0.433 e. The minimum atomic E-state index is -4.70. The van der Waals surface area contributed by atoms with E-state index in [1.165, 1.54) is 24.3 Å². The molecule has 0 aliphatic rings. The fourth-order valence-corrected chi connectivity index (χ4v) is 4.13. The molecule has 0 fully saturated rings. The number of nitrogens with zero attached hydrogens (tertiary/aromatic N) is 1. The predicted molar refractivity (Wildman–Crippen MR) is 126 cm³/mol. The number of aryl methyl sites for hydroxylation is 1. The van der Waals surface area contributed by atoms with Crippen molar-refractivity contribution in [2.45, 2.75) is 37.9 Å². The molecular formula is C24H24F3N3O5S. The first-order valence-electron chi connectivity index (χ1n) is 10.7. The number of nitrogens with one attached hydrogen (secondary N) is 1. The fraction of sp³-hybridized carbons (Fsp3) is 0.250. The number of hydrogen-bond donors (Lipinski definition) is 3. The van der Waals surface area contributed by atoms with E-state index in [0.717, 1.165) is 17.7 Å². The van der Waals surface area contributed by atoms with Gasteiger partial charge < -0.3 is 15.8 Å². The molecule has 12 heteroatoms. The Balaban J connectivity index is 1.75. The molecule has 4 N–H and O–H groups in total. The van der Waals surface area contributed by atoms with Crippen molar-refractivity contribution in [1.82, 2.24) is 10.3 Å². The number of rotatable bonds is 9. The molecule has 3 rings (SSSR count). The van der Waals surface area contributed by atoms with E-state index in [4.69, 9.17) is 10.5 Å². The van der Waals surface area contributed by atoms with Crippen LogP contribution >= 0.6 is 0 Å². The quantitative estimate of drug-likeness (QED) is 0.283. The van der Waals surface area contributed by atoms with Gasteiger partial charge in [0.05, 0.1) is 0 Å². The Labute approximate surface area is 206 Å². The highest BCUT2D eigenvalue weighted by Crippen LogP contribution is 2.31. The van der Waals surface area contributed by atoms with Crippen molar-refractivity contribution in [3.05, 3.63) is 88.6 Å². The zero-order valence-electron chi connectivity index (χ0n) is 19.1. The molecule has 1 atom stereocenters. The molecule has 3 aromatic rings. The van der Waals surface area contributed by atoms with Gasteiger partial charge >= 0.3 is 6.18 Å². The van der Waals surface area contributed by atoms with E-state index in [1.807, 2.05) is 19.1 Å². The van der Waals surface area contributed by atoms with Crippen LogP contribution in [0.2, 0.25) is 0 Å². The molecule has 0 saturated heterocycles. The third-order valence-corrected chi connectivity index (χ3v) is 6.40. The molecule has 0 aliphatic carbocycles. The third kappa shape index (κ3) is 7.43. The summed E-state index contributed by atoms with van der Waals surface area (Å²) in [5.41, 5.74) is 6.80. The van der Waals surface area contributed by atoms with Gasteiger partial charge in [-0.05, 0) is 42.3 Å². The molecule has 8 nitrogen and oxygen atoms in total. The highest BCUT2D eigenvalue weighted by molar-refractivity contribution is 7.86. The first kappa shape index (κ1) is 27.0. The second-order valence-electron chi connectivity index (χ2n) is 8.08. The van der Waals surface area contributed by atoms with Crippen LogP contribution in [-0.4, -0.2) is 23.9 Å². The third-order valence-electron chi connectivity index (χ3n) is 5.24. The van der Waals surface area contributed by atoms with Crippen LogP contribution in [0.25, 0.3) is 0 Å². The van der Waals surface area contributed by atoms with E-state index in [-0.39, 0.29) is 30.2 Å². The number of anilines is 1. The minimum Gasteiger partial charge on any atom is -0.473 e. The van der Waals surface area contributed by atoms with E-state index in [2.05, 4.69) is 10.3 Å². The maximum atomic E-state index is 13.2. The second-order valence-corrected chi connectivity index (χ2v) is 9.68. The molecule has 0 spiro atoms. The van der Waals surface area contributed by atoms with Crippen LogP contribution < -0.4 is 15.8 Å². The van der Waals surface area contributed by atoms with E-state index < -0.39 is 39.6 Å². The van der Waals surface area contributed by atoms with Gasteiger partial charge in [0.15, 0.2) is 0 Å². The lowest BCUT2D eigenvalue weighted by Crippen LogP contribution is -2.27. The first-order chi connectivity index (χ1) is 16.8. The minimum absolute atomic E-state index is 0.0580. The van der Waals surface area contributed by atoms with Gasteiger partial charge in [0.25, 0.3) is 10.1 Å². The molecule has 1 heterocycles. The number of nitrogens with two attached hydrogens (primary N) is 1. The number of carbonyl (C=O) groups excluding carboxylic acids is 1. The van der Waals surface area contributed by atoms with Crippen molar-refractivity contribution in [2.24, 2.45) is 0 Å². The Bertz CT molecular complexity index is 1310. The Morgan fingerprint density at radius 1 is 1.08 bits per heavy atom. The van der Waals surface area contributed by atoms with E-state index in [0.29, 0.717) is 11.3 Å². The lowest BCUT2D eigenvalue weighted by atomic mass is 10.1. The zero-order valence-corrected chi connectivity index (χ0v) is 19.9. The van der Waals surface area contributed by atoms with Crippen molar-refractivity contribution in [3.63, 3.8) is 0 Å². The second kappa shape index (κ2) is 11.0. The molecule has 192 valence electrons. The van der Waals surface area contributed by atoms with Gasteiger partial charge in [0.1, 0.15) is 17.6 Å². The van der Waals surface area contributed by atoms with Gasteiger partial charge in [0.2, 0.25) is 11.8 Å². The van der Waals surface area contributed by atoms with Crippen molar-refractivity contribution < 1.29 is 35.7 Å². The van der Waals surface area contributed by atoms with E-state index in [9.17, 15) is 30.9 Å². The van der Waals surface area contributed by atoms with Crippen LogP contribution in [0.4, 0.5) is 18.9 Å². The van der Waals surface area contributed by atoms with Gasteiger partial charge in [-0.3, -0.25) is 9.35 Å². The summed E-state index contributed by atoms with van der Waals surface area (Å²) in [6, 6.07) is 14.7. The number of aromatic nitrogens is 1. The fourth-order valence-electron chi connectivity index (χ4n) is 3.26. The normalized spacial score (nSPS) is 12.7. The van der Waals surface area contributed by atoms with E-state index >= 15 is 0 Å². The number of halogens is 3. The highest BCUT2D eigenvalue weighted by atomic mass is 32.2. The predicted octanol–water partition coefficient (Wildman–Crippen LogP) is 4.21. The average Bonchev–Trinajstić information content (AvgIpc) is 2.80. The largest absolute Gasteiger partial charge is 0.473 e. The number of hydrogen-bond acceptors (Lipinski definition) is 6. The van der Waals surface area contributed by atoms with Gasteiger partial charge in [0, 0.05) is 24.2 Å². The van der Waals surface area contributed by atoms with Crippen LogP contribution in [-0.2, 0) is 34.2 Å². The summed E-state index contributed by atoms with van der Waals surface area (Å²) in [5.74, 6) is -1.09. The number of benzene rings is 2. The summed E-state index contributed by atoms with van der Waals surface area (Å²) in [6.45, 7) is 1.55. The van der Waals surface area contributed by atoms with Crippen molar-refractivity contribution >= 4 is 21.7 Å². The highest BCUT2D eigenvalue weighted by Gasteiger charge is 2.33. The Morgan fingerprint density at radius 2 is 1.72 bits per heavy atom. The van der Waals surface area contributed by atoms with Crippen molar-refractivity contribution in [1.29, 1.82) is 0 Å². The summed E-state index contributed by atoms with van der Waals surface area (Å²) in [4.78, 5) is 16.1. The summed E-state index contributed by atoms with van der Waals surface area (Å²) in [6.07, 6.45) is -5.33. The molecule has 0 bridgehead atoms. The monoisotopic (exact) mass is 523 g/mol. The number of alkyl halides is 3. The maximum Gasteiger partial charge on any atom is 0.433 e. The molecule has 0 aliphatic heterocycles. The molecular weight excluding hydrogens is 499 g/mol. The van der Waals surface area contributed by atoms with Gasteiger partial charge in [-0.1, -0.05) is 42.0 Å². The van der Waals surface area contributed by atoms with E-state index in [1.54, 1.807) is 12.1 Å². The van der Waals surface area contributed by atoms with Crippen LogP contribution in [0.3, 0.4) is 0 Å². The van der Waals surface area contributed by atoms with Crippen LogP contribution in [0.5, 0.6) is 5.88 Å². The molecule has 36 heavy (non-hydrogen) atoms. The SMILES string of the molecule is Cc1ccc(COc2nc(C(F)(F)F)ccc2CNC(=O)CC(c2ccc(N)cc2)S(=O)(=O)O)cc1. The number of nitrogen functional groups attached to an aromatic ring is 1. The number of ether oxygens (including phenoxy) is 1. The zero-order chi connectivity index (χ0) is 26.5. The molecule has 0 saturated carbocycles. The Morgan fingerprint density at radius 3 is 2.31 bits per heavy atom. The molecule has 2 aromatic carbocycles. The number of amides is 1. The summed E-state index contributed by atoms with van der Waals surface area (Å²) in [7, 11) is -4.65. The molecule has 1 aromatic heterocycles. The average molecular weight is 524 g/mol. The van der Waals surface area contributed by atoms with Crippen LogP contribution in [0.15, 0.2) is 60.7 Å².